The molecular formula is C11H17N3O4S. The third-order valence-corrected chi connectivity index (χ3v) is 5.05. The van der Waals surface area contributed by atoms with E-state index in [0.717, 1.165) is 0 Å². The molecule has 0 bridgehead atoms. The molecule has 1 fully saturated rings. The van der Waals surface area contributed by atoms with Crippen LogP contribution in [0.15, 0.2) is 16.9 Å². The predicted molar refractivity (Wildman–Crippen MR) is 68.9 cm³/mol. The highest BCUT2D eigenvalue weighted by Crippen LogP contribution is 2.20. The van der Waals surface area contributed by atoms with E-state index in [-0.39, 0.29) is 24.1 Å². The Morgan fingerprint density at radius 3 is 3.05 bits per heavy atom. The van der Waals surface area contributed by atoms with Crippen molar-refractivity contribution in [3.8, 4) is 0 Å². The van der Waals surface area contributed by atoms with Crippen LogP contribution in [0.5, 0.6) is 0 Å². The standard InChI is InChI=1S/C11H17N3O4S/c1-2-19(16,17)14-6-3-4-9(8-14)11(15)12-10-5-7-18-13-10/h5,7,9H,2-4,6,8H2,1H3,(H,12,13,15)/t9-/m1/s1. The first-order valence-corrected chi connectivity index (χ1v) is 7.83. The van der Waals surface area contributed by atoms with Gasteiger partial charge in [-0.15, -0.1) is 0 Å². The van der Waals surface area contributed by atoms with Gasteiger partial charge in [0, 0.05) is 19.2 Å². The van der Waals surface area contributed by atoms with Crippen molar-refractivity contribution in [2.75, 3.05) is 24.2 Å². The van der Waals surface area contributed by atoms with Crippen molar-refractivity contribution >= 4 is 21.7 Å². The monoisotopic (exact) mass is 287 g/mol. The number of carbonyl (C=O) groups excluding carboxylic acids is 1. The van der Waals surface area contributed by atoms with Gasteiger partial charge >= 0.3 is 0 Å². The van der Waals surface area contributed by atoms with Crippen molar-refractivity contribution < 1.29 is 17.7 Å². The number of rotatable bonds is 4. The molecule has 8 heteroatoms. The van der Waals surface area contributed by atoms with Gasteiger partial charge in [0.05, 0.1) is 11.7 Å². The van der Waals surface area contributed by atoms with Crippen LogP contribution in [0.2, 0.25) is 0 Å². The summed E-state index contributed by atoms with van der Waals surface area (Å²) in [5, 5.41) is 6.21. The van der Waals surface area contributed by atoms with E-state index in [1.807, 2.05) is 0 Å². The SMILES string of the molecule is CCS(=O)(=O)N1CCC[C@@H](C(=O)Nc2ccon2)C1. The molecule has 0 aliphatic carbocycles. The molecule has 0 unspecified atom stereocenters. The van der Waals surface area contributed by atoms with Crippen LogP contribution in [-0.2, 0) is 14.8 Å². The van der Waals surface area contributed by atoms with Crippen LogP contribution in [0, 0.1) is 5.92 Å². The molecule has 2 rings (SSSR count). The second kappa shape index (κ2) is 5.70. The number of carbonyl (C=O) groups is 1. The normalized spacial score (nSPS) is 21.2. The molecule has 0 spiro atoms. The van der Waals surface area contributed by atoms with Crippen LogP contribution in [-0.4, -0.2) is 42.6 Å². The largest absolute Gasteiger partial charge is 0.363 e. The second-order valence-electron chi connectivity index (χ2n) is 4.47. The number of piperidine rings is 1. The molecule has 0 saturated carbocycles. The lowest BCUT2D eigenvalue weighted by atomic mass is 9.99. The summed E-state index contributed by atoms with van der Waals surface area (Å²) in [5.74, 6) is -0.151. The fraction of sp³-hybridized carbons (Fsp3) is 0.636. The van der Waals surface area contributed by atoms with Crippen LogP contribution in [0.3, 0.4) is 0 Å². The first-order chi connectivity index (χ1) is 9.03. The molecule has 1 aliphatic heterocycles. The van der Waals surface area contributed by atoms with E-state index >= 15 is 0 Å². The van der Waals surface area contributed by atoms with Gasteiger partial charge in [-0.1, -0.05) is 5.16 Å². The molecule has 7 nitrogen and oxygen atoms in total. The maximum Gasteiger partial charge on any atom is 0.230 e. The Balaban J connectivity index is 1.99. The van der Waals surface area contributed by atoms with E-state index in [0.29, 0.717) is 25.2 Å². The van der Waals surface area contributed by atoms with Crippen molar-refractivity contribution in [2.24, 2.45) is 5.92 Å². The Bertz CT molecular complexity index is 526. The topological polar surface area (TPSA) is 92.5 Å². The maximum absolute atomic E-state index is 12.0. The predicted octanol–water partition coefficient (Wildman–Crippen LogP) is 0.675. The first-order valence-electron chi connectivity index (χ1n) is 6.22. The average Bonchev–Trinajstić information content (AvgIpc) is 2.91. The number of aromatic nitrogens is 1. The summed E-state index contributed by atoms with van der Waals surface area (Å²) in [7, 11) is -3.23. The number of nitrogens with one attached hydrogen (secondary N) is 1. The average molecular weight is 287 g/mol. The van der Waals surface area contributed by atoms with Crippen LogP contribution in [0.1, 0.15) is 19.8 Å². The smallest absolute Gasteiger partial charge is 0.230 e. The van der Waals surface area contributed by atoms with Crippen molar-refractivity contribution in [1.82, 2.24) is 9.46 Å². The molecule has 1 aromatic rings. The number of hydrogen-bond acceptors (Lipinski definition) is 5. The molecule has 0 aromatic carbocycles. The van der Waals surface area contributed by atoms with Crippen molar-refractivity contribution in [3.05, 3.63) is 12.3 Å². The van der Waals surface area contributed by atoms with Gasteiger partial charge in [0.25, 0.3) is 0 Å². The Hall–Kier alpha value is -1.41. The zero-order chi connectivity index (χ0) is 13.9. The molecule has 1 amide bonds. The minimum atomic E-state index is -3.23. The Morgan fingerprint density at radius 1 is 1.63 bits per heavy atom. The molecule has 106 valence electrons. The Labute approximate surface area is 112 Å². The van der Waals surface area contributed by atoms with Crippen LogP contribution in [0.4, 0.5) is 5.82 Å². The lowest BCUT2D eigenvalue weighted by Gasteiger charge is -2.30. The van der Waals surface area contributed by atoms with Gasteiger partial charge in [-0.2, -0.15) is 0 Å². The summed E-state index contributed by atoms with van der Waals surface area (Å²) in [4.78, 5) is 12.0. The highest BCUT2D eigenvalue weighted by molar-refractivity contribution is 7.89. The summed E-state index contributed by atoms with van der Waals surface area (Å²) < 4.78 is 29.6. The zero-order valence-electron chi connectivity index (χ0n) is 10.7. The molecule has 2 heterocycles. The summed E-state index contributed by atoms with van der Waals surface area (Å²) in [6, 6.07) is 1.54. The van der Waals surface area contributed by atoms with E-state index in [2.05, 4.69) is 15.0 Å². The lowest BCUT2D eigenvalue weighted by Crippen LogP contribution is -2.44. The van der Waals surface area contributed by atoms with Gasteiger partial charge in [-0.05, 0) is 19.8 Å². The van der Waals surface area contributed by atoms with E-state index in [1.165, 1.54) is 10.6 Å². The van der Waals surface area contributed by atoms with Gasteiger partial charge in [-0.25, -0.2) is 12.7 Å². The number of hydrogen-bond donors (Lipinski definition) is 1. The summed E-state index contributed by atoms with van der Waals surface area (Å²) in [5.41, 5.74) is 0. The van der Waals surface area contributed by atoms with E-state index in [1.54, 1.807) is 13.0 Å². The third-order valence-electron chi connectivity index (χ3n) is 3.20. The molecule has 1 atom stereocenters. The Morgan fingerprint density at radius 2 is 2.42 bits per heavy atom. The quantitative estimate of drug-likeness (QED) is 0.879. The van der Waals surface area contributed by atoms with Gasteiger partial charge in [-0.3, -0.25) is 4.79 Å². The fourth-order valence-corrected chi connectivity index (χ4v) is 3.28. The van der Waals surface area contributed by atoms with Crippen LogP contribution < -0.4 is 5.32 Å². The number of sulfonamides is 1. The molecule has 0 radical (unpaired) electrons. The minimum absolute atomic E-state index is 0.0601. The second-order valence-corrected chi connectivity index (χ2v) is 6.73. The molecule has 1 saturated heterocycles. The molecule has 1 N–H and O–H groups in total. The van der Waals surface area contributed by atoms with E-state index < -0.39 is 10.0 Å². The summed E-state index contributed by atoms with van der Waals surface area (Å²) >= 11 is 0. The summed E-state index contributed by atoms with van der Waals surface area (Å²) in [6.45, 7) is 2.33. The Kier molecular flexibility index (Phi) is 4.20. The zero-order valence-corrected chi connectivity index (χ0v) is 11.5. The molecule has 19 heavy (non-hydrogen) atoms. The van der Waals surface area contributed by atoms with Crippen molar-refractivity contribution in [2.45, 2.75) is 19.8 Å². The third kappa shape index (κ3) is 3.32. The van der Waals surface area contributed by atoms with Gasteiger partial charge in [0.1, 0.15) is 6.26 Å². The summed E-state index contributed by atoms with van der Waals surface area (Å²) in [6.07, 6.45) is 2.74. The van der Waals surface area contributed by atoms with Crippen molar-refractivity contribution in [3.63, 3.8) is 0 Å². The number of amides is 1. The van der Waals surface area contributed by atoms with Crippen molar-refractivity contribution in [1.29, 1.82) is 0 Å². The first kappa shape index (κ1) is 14.0. The van der Waals surface area contributed by atoms with E-state index in [4.69, 9.17) is 0 Å². The van der Waals surface area contributed by atoms with Gasteiger partial charge in [0.2, 0.25) is 15.9 Å². The molecular weight excluding hydrogens is 270 g/mol. The molecule has 1 aromatic heterocycles. The highest BCUT2D eigenvalue weighted by atomic mass is 32.2. The number of anilines is 1. The molecule has 1 aliphatic rings. The van der Waals surface area contributed by atoms with E-state index in [9.17, 15) is 13.2 Å². The fourth-order valence-electron chi connectivity index (χ4n) is 2.10. The number of nitrogens with zero attached hydrogens (tertiary/aromatic N) is 2. The minimum Gasteiger partial charge on any atom is -0.363 e. The van der Waals surface area contributed by atoms with Gasteiger partial charge < -0.3 is 9.84 Å². The van der Waals surface area contributed by atoms with Crippen LogP contribution in [0.25, 0.3) is 0 Å². The lowest BCUT2D eigenvalue weighted by molar-refractivity contribution is -0.120. The van der Waals surface area contributed by atoms with Gasteiger partial charge in [0.15, 0.2) is 5.82 Å². The van der Waals surface area contributed by atoms with Crippen LogP contribution >= 0.6 is 0 Å². The highest BCUT2D eigenvalue weighted by Gasteiger charge is 2.31. The maximum atomic E-state index is 12.0.